The number of furan rings is 1. The Morgan fingerprint density at radius 1 is 0.893 bits per heavy atom. The first-order valence-electron chi connectivity index (χ1n) is 8.43. The molecule has 0 radical (unpaired) electrons. The highest BCUT2D eigenvalue weighted by Gasteiger charge is 2.13. The molecule has 1 aromatic heterocycles. The topological polar surface area (TPSA) is 97.6 Å². The van der Waals surface area contributed by atoms with Crippen molar-refractivity contribution < 1.29 is 23.5 Å². The number of ether oxygens (including phenoxy) is 1. The van der Waals surface area contributed by atoms with Crippen LogP contribution in [0.25, 0.3) is 0 Å². The summed E-state index contributed by atoms with van der Waals surface area (Å²) in [6.07, 6.45) is 1.42. The highest BCUT2D eigenvalue weighted by Crippen LogP contribution is 2.19. The van der Waals surface area contributed by atoms with Gasteiger partial charge in [0.25, 0.3) is 11.8 Å². The third-order valence-electron chi connectivity index (χ3n) is 4.06. The molecule has 0 unspecified atom stereocenters. The van der Waals surface area contributed by atoms with E-state index in [9.17, 15) is 14.4 Å². The number of rotatable bonds is 5. The predicted molar refractivity (Wildman–Crippen MR) is 104 cm³/mol. The van der Waals surface area contributed by atoms with Gasteiger partial charge in [-0.3, -0.25) is 9.59 Å². The van der Waals surface area contributed by atoms with Crippen molar-refractivity contribution in [2.45, 2.75) is 6.92 Å². The standard InChI is InChI=1S/C21H18N2O5/c1-13-5-6-15(21(26)27-2)12-17(13)23-19(24)14-7-9-16(10-8-14)22-20(25)18-4-3-11-28-18/h3-12H,1-2H3,(H,22,25)(H,23,24). The Kier molecular flexibility index (Phi) is 5.55. The van der Waals surface area contributed by atoms with Gasteiger partial charge in [0.15, 0.2) is 5.76 Å². The second-order valence-corrected chi connectivity index (χ2v) is 5.98. The molecule has 0 saturated heterocycles. The number of methoxy groups -OCH3 is 1. The lowest BCUT2D eigenvalue weighted by Gasteiger charge is -2.10. The lowest BCUT2D eigenvalue weighted by Crippen LogP contribution is -2.14. The molecule has 0 aliphatic carbocycles. The Hall–Kier alpha value is -3.87. The number of hydrogen-bond acceptors (Lipinski definition) is 5. The van der Waals surface area contributed by atoms with Crippen molar-refractivity contribution in [1.29, 1.82) is 0 Å². The second-order valence-electron chi connectivity index (χ2n) is 5.98. The molecule has 142 valence electrons. The second kappa shape index (κ2) is 8.22. The number of carbonyl (C=O) groups excluding carboxylic acids is 3. The summed E-state index contributed by atoms with van der Waals surface area (Å²) in [7, 11) is 1.30. The van der Waals surface area contributed by atoms with E-state index in [0.29, 0.717) is 22.5 Å². The van der Waals surface area contributed by atoms with E-state index in [1.807, 2.05) is 6.92 Å². The van der Waals surface area contributed by atoms with Crippen molar-refractivity contribution in [1.82, 2.24) is 0 Å². The molecule has 1 heterocycles. The summed E-state index contributed by atoms with van der Waals surface area (Å²) in [5, 5.41) is 5.46. The Balaban J connectivity index is 1.70. The third kappa shape index (κ3) is 4.27. The van der Waals surface area contributed by atoms with Gasteiger partial charge < -0.3 is 19.8 Å². The van der Waals surface area contributed by atoms with Gasteiger partial charge in [0.05, 0.1) is 18.9 Å². The number of esters is 1. The zero-order valence-electron chi connectivity index (χ0n) is 15.3. The first-order valence-corrected chi connectivity index (χ1v) is 8.43. The number of hydrogen-bond donors (Lipinski definition) is 2. The largest absolute Gasteiger partial charge is 0.465 e. The summed E-state index contributed by atoms with van der Waals surface area (Å²) in [5.41, 5.74) is 2.60. The van der Waals surface area contributed by atoms with E-state index in [1.54, 1.807) is 54.6 Å². The van der Waals surface area contributed by atoms with Crippen molar-refractivity contribution in [3.8, 4) is 0 Å². The average molecular weight is 378 g/mol. The molecule has 2 N–H and O–H groups in total. The van der Waals surface area contributed by atoms with Crippen LogP contribution in [0.3, 0.4) is 0 Å². The normalized spacial score (nSPS) is 10.2. The molecule has 0 saturated carbocycles. The van der Waals surface area contributed by atoms with Crippen molar-refractivity contribution >= 4 is 29.2 Å². The highest BCUT2D eigenvalue weighted by atomic mass is 16.5. The van der Waals surface area contributed by atoms with Crippen LogP contribution in [0.4, 0.5) is 11.4 Å². The van der Waals surface area contributed by atoms with Gasteiger partial charge in [-0.2, -0.15) is 0 Å². The quantitative estimate of drug-likeness (QED) is 0.657. The molecule has 3 aromatic rings. The van der Waals surface area contributed by atoms with Crippen molar-refractivity contribution in [2.75, 3.05) is 17.7 Å². The average Bonchev–Trinajstić information content (AvgIpc) is 3.24. The van der Waals surface area contributed by atoms with Gasteiger partial charge >= 0.3 is 5.97 Å². The first-order chi connectivity index (χ1) is 13.5. The molecule has 0 aliphatic rings. The van der Waals surface area contributed by atoms with E-state index in [4.69, 9.17) is 9.15 Å². The van der Waals surface area contributed by atoms with Gasteiger partial charge in [0.2, 0.25) is 0 Å². The lowest BCUT2D eigenvalue weighted by atomic mass is 10.1. The van der Waals surface area contributed by atoms with Gasteiger partial charge in [-0.05, 0) is 61.0 Å². The van der Waals surface area contributed by atoms with Gasteiger partial charge in [0.1, 0.15) is 0 Å². The van der Waals surface area contributed by atoms with Gasteiger partial charge in [-0.15, -0.1) is 0 Å². The minimum Gasteiger partial charge on any atom is -0.465 e. The van der Waals surface area contributed by atoms with Crippen LogP contribution in [0, 0.1) is 6.92 Å². The van der Waals surface area contributed by atoms with Crippen LogP contribution in [0.1, 0.15) is 36.8 Å². The summed E-state index contributed by atoms with van der Waals surface area (Å²) in [5.74, 6) is -0.999. The Labute approximate surface area is 161 Å². The molecule has 2 aromatic carbocycles. The van der Waals surface area contributed by atoms with Crippen LogP contribution >= 0.6 is 0 Å². The fraction of sp³-hybridized carbons (Fsp3) is 0.0952. The summed E-state index contributed by atoms with van der Waals surface area (Å²) in [6.45, 7) is 1.82. The van der Waals surface area contributed by atoms with Crippen LogP contribution in [-0.2, 0) is 4.74 Å². The summed E-state index contributed by atoms with van der Waals surface area (Å²) >= 11 is 0. The monoisotopic (exact) mass is 378 g/mol. The van der Waals surface area contributed by atoms with Gasteiger partial charge in [-0.1, -0.05) is 6.07 Å². The fourth-order valence-corrected chi connectivity index (χ4v) is 2.50. The molecule has 0 aliphatic heterocycles. The Morgan fingerprint density at radius 2 is 1.61 bits per heavy atom. The van der Waals surface area contributed by atoms with Crippen molar-refractivity contribution in [3.63, 3.8) is 0 Å². The fourth-order valence-electron chi connectivity index (χ4n) is 2.50. The van der Waals surface area contributed by atoms with E-state index in [2.05, 4.69) is 10.6 Å². The van der Waals surface area contributed by atoms with Gasteiger partial charge in [0, 0.05) is 16.9 Å². The Morgan fingerprint density at radius 3 is 2.25 bits per heavy atom. The van der Waals surface area contributed by atoms with E-state index < -0.39 is 5.97 Å². The van der Waals surface area contributed by atoms with Crippen LogP contribution in [-0.4, -0.2) is 24.9 Å². The number of carbonyl (C=O) groups is 3. The summed E-state index contributed by atoms with van der Waals surface area (Å²) < 4.78 is 9.73. The van der Waals surface area contributed by atoms with E-state index in [-0.39, 0.29) is 17.6 Å². The van der Waals surface area contributed by atoms with Gasteiger partial charge in [-0.25, -0.2) is 4.79 Å². The number of amides is 2. The molecular weight excluding hydrogens is 360 g/mol. The SMILES string of the molecule is COC(=O)c1ccc(C)c(NC(=O)c2ccc(NC(=O)c3ccco3)cc2)c1. The molecule has 7 nitrogen and oxygen atoms in total. The van der Waals surface area contributed by atoms with E-state index in [1.165, 1.54) is 13.4 Å². The minimum atomic E-state index is -0.479. The molecule has 3 rings (SSSR count). The molecule has 2 amide bonds. The molecule has 0 atom stereocenters. The maximum absolute atomic E-state index is 12.5. The zero-order chi connectivity index (χ0) is 20.1. The summed E-state index contributed by atoms with van der Waals surface area (Å²) in [6, 6.07) is 14.5. The van der Waals surface area contributed by atoms with E-state index >= 15 is 0 Å². The molecule has 0 spiro atoms. The molecular formula is C21H18N2O5. The van der Waals surface area contributed by atoms with Crippen LogP contribution < -0.4 is 10.6 Å². The number of nitrogens with one attached hydrogen (secondary N) is 2. The number of benzene rings is 2. The summed E-state index contributed by atoms with van der Waals surface area (Å²) in [4.78, 5) is 36.1. The number of anilines is 2. The maximum Gasteiger partial charge on any atom is 0.337 e. The predicted octanol–water partition coefficient (Wildman–Crippen LogP) is 3.88. The van der Waals surface area contributed by atoms with E-state index in [0.717, 1.165) is 5.56 Å². The Bertz CT molecular complexity index is 1010. The maximum atomic E-state index is 12.5. The van der Waals surface area contributed by atoms with Crippen LogP contribution in [0.2, 0.25) is 0 Å². The minimum absolute atomic E-state index is 0.197. The van der Waals surface area contributed by atoms with Crippen molar-refractivity contribution in [3.05, 3.63) is 83.3 Å². The van der Waals surface area contributed by atoms with Crippen LogP contribution in [0.15, 0.2) is 65.3 Å². The molecule has 0 bridgehead atoms. The third-order valence-corrected chi connectivity index (χ3v) is 4.06. The smallest absolute Gasteiger partial charge is 0.337 e. The van der Waals surface area contributed by atoms with Crippen molar-refractivity contribution in [2.24, 2.45) is 0 Å². The zero-order valence-corrected chi connectivity index (χ0v) is 15.3. The molecule has 7 heteroatoms. The molecule has 28 heavy (non-hydrogen) atoms. The highest BCUT2D eigenvalue weighted by molar-refractivity contribution is 6.06. The van der Waals surface area contributed by atoms with Crippen LogP contribution in [0.5, 0.6) is 0 Å². The number of aryl methyl sites for hydroxylation is 1. The first kappa shape index (κ1) is 18.9. The molecule has 0 fully saturated rings. The lowest BCUT2D eigenvalue weighted by molar-refractivity contribution is 0.0600.